The maximum atomic E-state index is 12.1. The van der Waals surface area contributed by atoms with E-state index in [0.29, 0.717) is 6.42 Å². The zero-order valence-electron chi connectivity index (χ0n) is 11.2. The molecule has 2 heterocycles. The minimum absolute atomic E-state index is 0.125. The van der Waals surface area contributed by atoms with Gasteiger partial charge in [0.25, 0.3) is 0 Å². The second-order valence-corrected chi connectivity index (χ2v) is 7.18. The van der Waals surface area contributed by atoms with Crippen molar-refractivity contribution in [1.82, 2.24) is 15.0 Å². The van der Waals surface area contributed by atoms with E-state index in [-0.39, 0.29) is 11.3 Å². The summed E-state index contributed by atoms with van der Waals surface area (Å²) in [4.78, 5) is 3.92. The van der Waals surface area contributed by atoms with Crippen LogP contribution >= 0.6 is 0 Å². The number of nitrogens with one attached hydrogen (secondary N) is 2. The monoisotopic (exact) mass is 283 g/mol. The van der Waals surface area contributed by atoms with Gasteiger partial charge in [-0.25, -0.2) is 13.1 Å². The highest BCUT2D eigenvalue weighted by atomic mass is 32.2. The highest BCUT2D eigenvalue weighted by molar-refractivity contribution is 7.89. The Morgan fingerprint density at radius 1 is 1.32 bits per heavy atom. The fourth-order valence-electron chi connectivity index (χ4n) is 2.31. The normalized spacial score (nSPS) is 19.2. The fourth-order valence-corrected chi connectivity index (χ4v) is 3.87. The van der Waals surface area contributed by atoms with Gasteiger partial charge in [0.1, 0.15) is 0 Å². The number of pyridine rings is 1. The van der Waals surface area contributed by atoms with E-state index < -0.39 is 10.0 Å². The van der Waals surface area contributed by atoms with Crippen LogP contribution in [0.1, 0.15) is 25.3 Å². The third kappa shape index (κ3) is 4.56. The van der Waals surface area contributed by atoms with Gasteiger partial charge in [0.2, 0.25) is 10.0 Å². The molecule has 106 valence electrons. The summed E-state index contributed by atoms with van der Waals surface area (Å²) >= 11 is 0. The van der Waals surface area contributed by atoms with Crippen molar-refractivity contribution in [1.29, 1.82) is 0 Å². The molecule has 0 radical (unpaired) electrons. The number of aryl methyl sites for hydroxylation is 1. The molecule has 2 N–H and O–H groups in total. The maximum absolute atomic E-state index is 12.1. The van der Waals surface area contributed by atoms with Crippen molar-refractivity contribution in [3.05, 3.63) is 30.1 Å². The van der Waals surface area contributed by atoms with Crippen molar-refractivity contribution >= 4 is 10.0 Å². The van der Waals surface area contributed by atoms with Crippen LogP contribution in [0.2, 0.25) is 0 Å². The van der Waals surface area contributed by atoms with Gasteiger partial charge in [0.15, 0.2) is 0 Å². The van der Waals surface area contributed by atoms with E-state index in [9.17, 15) is 8.42 Å². The highest BCUT2D eigenvalue weighted by Crippen LogP contribution is 2.18. The SMILES string of the molecule is CC1(NS(=O)(=O)CCc2ccncc2)CCNCC1. The minimum Gasteiger partial charge on any atom is -0.317 e. The van der Waals surface area contributed by atoms with Crippen molar-refractivity contribution in [2.45, 2.75) is 31.7 Å². The Kier molecular flexibility index (Phi) is 4.54. The van der Waals surface area contributed by atoms with Crippen molar-refractivity contribution in [2.24, 2.45) is 0 Å². The molecule has 0 amide bonds. The molecule has 1 aliphatic rings. The lowest BCUT2D eigenvalue weighted by Gasteiger charge is -2.34. The smallest absolute Gasteiger partial charge is 0.212 e. The Hall–Kier alpha value is -0.980. The summed E-state index contributed by atoms with van der Waals surface area (Å²) in [5.41, 5.74) is 0.693. The highest BCUT2D eigenvalue weighted by Gasteiger charge is 2.30. The molecule has 1 saturated heterocycles. The summed E-state index contributed by atoms with van der Waals surface area (Å²) in [6, 6.07) is 3.70. The van der Waals surface area contributed by atoms with Gasteiger partial charge in [-0.15, -0.1) is 0 Å². The van der Waals surface area contributed by atoms with Gasteiger partial charge >= 0.3 is 0 Å². The first-order valence-electron chi connectivity index (χ1n) is 6.60. The van der Waals surface area contributed by atoms with Crippen molar-refractivity contribution in [2.75, 3.05) is 18.8 Å². The summed E-state index contributed by atoms with van der Waals surface area (Å²) in [5, 5.41) is 3.24. The van der Waals surface area contributed by atoms with Gasteiger partial charge in [-0.2, -0.15) is 0 Å². The lowest BCUT2D eigenvalue weighted by Crippen LogP contribution is -2.52. The lowest BCUT2D eigenvalue weighted by molar-refractivity contribution is 0.308. The first-order chi connectivity index (χ1) is 8.99. The average molecular weight is 283 g/mol. The molecule has 0 aromatic carbocycles. The Morgan fingerprint density at radius 3 is 2.58 bits per heavy atom. The lowest BCUT2D eigenvalue weighted by atomic mass is 9.92. The van der Waals surface area contributed by atoms with Crippen LogP contribution in [0.25, 0.3) is 0 Å². The molecule has 1 aromatic heterocycles. The van der Waals surface area contributed by atoms with E-state index in [1.54, 1.807) is 12.4 Å². The van der Waals surface area contributed by atoms with Crippen molar-refractivity contribution in [3.8, 4) is 0 Å². The van der Waals surface area contributed by atoms with Crippen LogP contribution in [0, 0.1) is 0 Å². The number of aromatic nitrogens is 1. The van der Waals surface area contributed by atoms with Gasteiger partial charge in [-0.3, -0.25) is 4.98 Å². The Balaban J connectivity index is 1.91. The second kappa shape index (κ2) is 5.98. The predicted octanol–water partition coefficient (Wildman–Crippen LogP) is 0.686. The van der Waals surface area contributed by atoms with E-state index >= 15 is 0 Å². The first-order valence-corrected chi connectivity index (χ1v) is 8.26. The Bertz CT molecular complexity index is 496. The van der Waals surface area contributed by atoms with Crippen LogP contribution in [0.4, 0.5) is 0 Å². The molecule has 0 bridgehead atoms. The summed E-state index contributed by atoms with van der Waals surface area (Å²) in [6.07, 6.45) is 5.56. The van der Waals surface area contributed by atoms with Gasteiger partial charge in [-0.05, 0) is 57.0 Å². The Morgan fingerprint density at radius 2 is 1.95 bits per heavy atom. The molecule has 0 aliphatic carbocycles. The van der Waals surface area contributed by atoms with Gasteiger partial charge in [0.05, 0.1) is 5.75 Å². The number of nitrogens with zero attached hydrogens (tertiary/aromatic N) is 1. The number of hydrogen-bond acceptors (Lipinski definition) is 4. The van der Waals surface area contributed by atoms with E-state index in [4.69, 9.17) is 0 Å². The molecule has 5 nitrogen and oxygen atoms in total. The zero-order valence-corrected chi connectivity index (χ0v) is 12.0. The third-order valence-corrected chi connectivity index (χ3v) is 5.06. The van der Waals surface area contributed by atoms with Crippen LogP contribution < -0.4 is 10.0 Å². The quantitative estimate of drug-likeness (QED) is 0.834. The van der Waals surface area contributed by atoms with Crippen LogP contribution in [-0.4, -0.2) is 37.8 Å². The molecule has 0 atom stereocenters. The van der Waals surface area contributed by atoms with Crippen LogP contribution in [0.5, 0.6) is 0 Å². The van der Waals surface area contributed by atoms with E-state index in [0.717, 1.165) is 31.5 Å². The maximum Gasteiger partial charge on any atom is 0.212 e. The van der Waals surface area contributed by atoms with Crippen molar-refractivity contribution < 1.29 is 8.42 Å². The summed E-state index contributed by atoms with van der Waals surface area (Å²) in [5.74, 6) is 0.125. The standard InChI is InChI=1S/C13H21N3O2S/c1-13(5-9-15-10-6-13)16-19(17,18)11-4-12-2-7-14-8-3-12/h2-3,7-8,15-16H,4-6,9-11H2,1H3. The number of hydrogen-bond donors (Lipinski definition) is 2. The molecule has 0 unspecified atom stereocenters. The summed E-state index contributed by atoms with van der Waals surface area (Å²) < 4.78 is 27.1. The van der Waals surface area contributed by atoms with Crippen LogP contribution in [0.15, 0.2) is 24.5 Å². The van der Waals surface area contributed by atoms with Gasteiger partial charge in [-0.1, -0.05) is 0 Å². The molecule has 2 rings (SSSR count). The third-order valence-electron chi connectivity index (χ3n) is 3.52. The molecule has 1 fully saturated rings. The average Bonchev–Trinajstić information content (AvgIpc) is 2.37. The molecular weight excluding hydrogens is 262 g/mol. The van der Waals surface area contributed by atoms with Crippen molar-refractivity contribution in [3.63, 3.8) is 0 Å². The zero-order chi connectivity index (χ0) is 13.8. The molecule has 1 aliphatic heterocycles. The molecule has 0 spiro atoms. The molecule has 0 saturated carbocycles. The minimum atomic E-state index is -3.24. The first kappa shape index (κ1) is 14.4. The topological polar surface area (TPSA) is 71.1 Å². The van der Waals surface area contributed by atoms with Gasteiger partial charge in [0, 0.05) is 17.9 Å². The van der Waals surface area contributed by atoms with E-state index in [2.05, 4.69) is 15.0 Å². The summed E-state index contributed by atoms with van der Waals surface area (Å²) in [6.45, 7) is 3.71. The van der Waals surface area contributed by atoms with E-state index in [1.807, 2.05) is 19.1 Å². The van der Waals surface area contributed by atoms with Crippen LogP contribution in [0.3, 0.4) is 0 Å². The van der Waals surface area contributed by atoms with Crippen LogP contribution in [-0.2, 0) is 16.4 Å². The second-order valence-electron chi connectivity index (χ2n) is 5.34. The number of rotatable bonds is 5. The Labute approximate surface area is 114 Å². The summed E-state index contributed by atoms with van der Waals surface area (Å²) in [7, 11) is -3.24. The number of sulfonamides is 1. The fraction of sp³-hybridized carbons (Fsp3) is 0.615. The van der Waals surface area contributed by atoms with Gasteiger partial charge < -0.3 is 5.32 Å². The molecular formula is C13H21N3O2S. The van der Waals surface area contributed by atoms with E-state index in [1.165, 1.54) is 0 Å². The molecule has 6 heteroatoms. The largest absolute Gasteiger partial charge is 0.317 e. The molecule has 1 aromatic rings. The molecule has 19 heavy (non-hydrogen) atoms. The predicted molar refractivity (Wildman–Crippen MR) is 75.4 cm³/mol. The number of piperidine rings is 1.